The Hall–Kier alpha value is -2.69. The maximum atomic E-state index is 12.4. The molecule has 2 aromatic carbocycles. The van der Waals surface area contributed by atoms with E-state index in [2.05, 4.69) is 22.8 Å². The standard InChI is InChI=1S/C20H24N2O3/c1-14(8-9-16-6-4-3-5-7-16)21-20(23)15(2)22-17-10-11-18-19(12-17)25-13-24-18/h3-7,10-12,14-15,22H,8-9,13H2,1-2H3,(H,21,23)/t14-,15+/m0/s1. The third kappa shape index (κ3) is 4.66. The van der Waals surface area contributed by atoms with Crippen molar-refractivity contribution in [3.05, 3.63) is 54.1 Å². The zero-order valence-corrected chi connectivity index (χ0v) is 14.6. The van der Waals surface area contributed by atoms with Gasteiger partial charge in [-0.15, -0.1) is 0 Å². The monoisotopic (exact) mass is 340 g/mol. The van der Waals surface area contributed by atoms with Crippen LogP contribution in [0, 0.1) is 0 Å². The minimum Gasteiger partial charge on any atom is -0.454 e. The zero-order valence-electron chi connectivity index (χ0n) is 14.6. The molecule has 0 radical (unpaired) electrons. The molecule has 1 aliphatic rings. The summed E-state index contributed by atoms with van der Waals surface area (Å²) >= 11 is 0. The van der Waals surface area contributed by atoms with Crippen LogP contribution in [0.15, 0.2) is 48.5 Å². The van der Waals surface area contributed by atoms with Gasteiger partial charge in [0.25, 0.3) is 0 Å². The van der Waals surface area contributed by atoms with E-state index in [0.29, 0.717) is 5.75 Å². The summed E-state index contributed by atoms with van der Waals surface area (Å²) in [6.07, 6.45) is 1.86. The van der Waals surface area contributed by atoms with E-state index in [1.165, 1.54) is 5.56 Å². The van der Waals surface area contributed by atoms with Crippen molar-refractivity contribution in [1.29, 1.82) is 0 Å². The molecule has 0 spiro atoms. The number of benzene rings is 2. The molecule has 5 heteroatoms. The number of aryl methyl sites for hydroxylation is 1. The zero-order chi connectivity index (χ0) is 17.6. The molecule has 0 saturated carbocycles. The average molecular weight is 340 g/mol. The number of anilines is 1. The molecule has 0 aliphatic carbocycles. The minimum atomic E-state index is -0.334. The number of fused-ring (bicyclic) bond motifs is 1. The van der Waals surface area contributed by atoms with E-state index in [1.54, 1.807) is 0 Å². The van der Waals surface area contributed by atoms with Gasteiger partial charge in [-0.1, -0.05) is 30.3 Å². The Morgan fingerprint density at radius 1 is 1.08 bits per heavy atom. The molecule has 5 nitrogen and oxygen atoms in total. The highest BCUT2D eigenvalue weighted by Gasteiger charge is 2.17. The largest absolute Gasteiger partial charge is 0.454 e. The van der Waals surface area contributed by atoms with Crippen LogP contribution in [-0.4, -0.2) is 24.8 Å². The number of amides is 1. The normalized spacial score (nSPS) is 14.6. The maximum absolute atomic E-state index is 12.4. The van der Waals surface area contributed by atoms with Crippen LogP contribution in [0.25, 0.3) is 0 Å². The fourth-order valence-electron chi connectivity index (χ4n) is 2.77. The predicted molar refractivity (Wildman–Crippen MR) is 98.0 cm³/mol. The van der Waals surface area contributed by atoms with E-state index in [4.69, 9.17) is 9.47 Å². The Morgan fingerprint density at radius 3 is 2.64 bits per heavy atom. The van der Waals surface area contributed by atoms with Crippen molar-refractivity contribution < 1.29 is 14.3 Å². The van der Waals surface area contributed by atoms with E-state index in [9.17, 15) is 4.79 Å². The maximum Gasteiger partial charge on any atom is 0.242 e. The molecular weight excluding hydrogens is 316 g/mol. The van der Waals surface area contributed by atoms with Crippen molar-refractivity contribution >= 4 is 11.6 Å². The summed E-state index contributed by atoms with van der Waals surface area (Å²) in [4.78, 5) is 12.4. The predicted octanol–water partition coefficient (Wildman–Crippen LogP) is 3.35. The SMILES string of the molecule is C[C@@H](CCc1ccccc1)NC(=O)[C@@H](C)Nc1ccc2c(c1)OCO2. The van der Waals surface area contributed by atoms with Crippen LogP contribution < -0.4 is 20.1 Å². The minimum absolute atomic E-state index is 0.0155. The van der Waals surface area contributed by atoms with Gasteiger partial charge in [0.05, 0.1) is 0 Å². The number of nitrogens with one attached hydrogen (secondary N) is 2. The lowest BCUT2D eigenvalue weighted by Gasteiger charge is -2.19. The first kappa shape index (κ1) is 17.1. The fourth-order valence-corrected chi connectivity index (χ4v) is 2.77. The number of rotatable bonds is 7. The third-order valence-electron chi connectivity index (χ3n) is 4.25. The fraction of sp³-hybridized carbons (Fsp3) is 0.350. The van der Waals surface area contributed by atoms with Gasteiger partial charge in [-0.2, -0.15) is 0 Å². The topological polar surface area (TPSA) is 59.6 Å². The quantitative estimate of drug-likeness (QED) is 0.811. The second-order valence-corrected chi connectivity index (χ2v) is 6.37. The lowest BCUT2D eigenvalue weighted by atomic mass is 10.1. The number of ether oxygens (including phenoxy) is 2. The van der Waals surface area contributed by atoms with Crippen molar-refractivity contribution in [3.63, 3.8) is 0 Å². The van der Waals surface area contributed by atoms with Gasteiger partial charge in [0.1, 0.15) is 6.04 Å². The van der Waals surface area contributed by atoms with Gasteiger partial charge in [0.15, 0.2) is 11.5 Å². The molecule has 25 heavy (non-hydrogen) atoms. The molecule has 132 valence electrons. The highest BCUT2D eigenvalue weighted by molar-refractivity contribution is 5.84. The van der Waals surface area contributed by atoms with E-state index in [-0.39, 0.29) is 24.8 Å². The number of hydrogen-bond acceptors (Lipinski definition) is 4. The number of carbonyl (C=O) groups is 1. The van der Waals surface area contributed by atoms with Gasteiger partial charge in [0.2, 0.25) is 12.7 Å². The van der Waals surface area contributed by atoms with Crippen LogP contribution in [0.5, 0.6) is 11.5 Å². The molecule has 1 aliphatic heterocycles. The Bertz CT molecular complexity index is 718. The second-order valence-electron chi connectivity index (χ2n) is 6.37. The van der Waals surface area contributed by atoms with E-state index in [0.717, 1.165) is 24.3 Å². The van der Waals surface area contributed by atoms with Crippen LogP contribution in [0.1, 0.15) is 25.8 Å². The first-order valence-electron chi connectivity index (χ1n) is 8.62. The summed E-state index contributed by atoms with van der Waals surface area (Å²) in [6, 6.07) is 15.7. The number of carbonyl (C=O) groups excluding carboxylic acids is 1. The molecule has 0 bridgehead atoms. The Morgan fingerprint density at radius 2 is 1.84 bits per heavy atom. The summed E-state index contributed by atoms with van der Waals surface area (Å²) < 4.78 is 10.6. The Kier molecular flexibility index (Phi) is 5.43. The Balaban J connectivity index is 1.47. The summed E-state index contributed by atoms with van der Waals surface area (Å²) in [5.41, 5.74) is 2.12. The van der Waals surface area contributed by atoms with E-state index in [1.807, 2.05) is 50.2 Å². The van der Waals surface area contributed by atoms with Crippen LogP contribution in [0.2, 0.25) is 0 Å². The molecule has 0 saturated heterocycles. The third-order valence-corrected chi connectivity index (χ3v) is 4.25. The van der Waals surface area contributed by atoms with Crippen molar-refractivity contribution in [1.82, 2.24) is 5.32 Å². The van der Waals surface area contributed by atoms with E-state index >= 15 is 0 Å². The molecule has 1 amide bonds. The molecule has 0 unspecified atom stereocenters. The van der Waals surface area contributed by atoms with Crippen molar-refractivity contribution in [3.8, 4) is 11.5 Å². The van der Waals surface area contributed by atoms with Gasteiger partial charge < -0.3 is 20.1 Å². The van der Waals surface area contributed by atoms with Crippen LogP contribution in [0.4, 0.5) is 5.69 Å². The van der Waals surface area contributed by atoms with Crippen molar-refractivity contribution in [2.45, 2.75) is 38.8 Å². The lowest BCUT2D eigenvalue weighted by Crippen LogP contribution is -2.42. The molecular formula is C20H24N2O3. The van der Waals surface area contributed by atoms with Crippen LogP contribution in [0.3, 0.4) is 0 Å². The summed E-state index contributed by atoms with van der Waals surface area (Å²) in [7, 11) is 0. The van der Waals surface area contributed by atoms with Gasteiger partial charge in [-0.05, 0) is 44.4 Å². The van der Waals surface area contributed by atoms with Crippen molar-refractivity contribution in [2.75, 3.05) is 12.1 Å². The molecule has 0 aromatic heterocycles. The van der Waals surface area contributed by atoms with Gasteiger partial charge in [0, 0.05) is 17.8 Å². The molecule has 3 rings (SSSR count). The van der Waals surface area contributed by atoms with Gasteiger partial charge in [-0.3, -0.25) is 4.79 Å². The Labute approximate surface area is 148 Å². The molecule has 0 fully saturated rings. The van der Waals surface area contributed by atoms with E-state index < -0.39 is 0 Å². The summed E-state index contributed by atoms with van der Waals surface area (Å²) in [5, 5.41) is 6.27. The first-order chi connectivity index (χ1) is 12.1. The van der Waals surface area contributed by atoms with Crippen LogP contribution in [-0.2, 0) is 11.2 Å². The molecule has 2 aromatic rings. The molecule has 2 atom stereocenters. The van der Waals surface area contributed by atoms with Crippen molar-refractivity contribution in [2.24, 2.45) is 0 Å². The second kappa shape index (κ2) is 7.92. The number of hydrogen-bond donors (Lipinski definition) is 2. The first-order valence-corrected chi connectivity index (χ1v) is 8.62. The highest BCUT2D eigenvalue weighted by atomic mass is 16.7. The lowest BCUT2D eigenvalue weighted by molar-refractivity contribution is -0.122. The molecule has 2 N–H and O–H groups in total. The van der Waals surface area contributed by atoms with Gasteiger partial charge >= 0.3 is 0 Å². The smallest absolute Gasteiger partial charge is 0.242 e. The summed E-state index contributed by atoms with van der Waals surface area (Å²) in [6.45, 7) is 4.13. The van der Waals surface area contributed by atoms with Gasteiger partial charge in [-0.25, -0.2) is 0 Å². The average Bonchev–Trinajstić information content (AvgIpc) is 3.08. The molecule has 1 heterocycles. The van der Waals surface area contributed by atoms with Crippen LogP contribution >= 0.6 is 0 Å². The highest BCUT2D eigenvalue weighted by Crippen LogP contribution is 2.34. The summed E-state index contributed by atoms with van der Waals surface area (Å²) in [5.74, 6) is 1.42.